The zero-order valence-electron chi connectivity index (χ0n) is 25.9. The molecule has 1 aliphatic rings. The minimum Gasteiger partial charge on any atom is -0.465 e. The van der Waals surface area contributed by atoms with E-state index >= 15 is 0 Å². The lowest BCUT2D eigenvalue weighted by molar-refractivity contribution is -0.138. The van der Waals surface area contributed by atoms with Gasteiger partial charge in [0.15, 0.2) is 11.5 Å². The Kier molecular flexibility index (Phi) is 8.38. The van der Waals surface area contributed by atoms with E-state index in [1.54, 1.807) is 15.3 Å². The summed E-state index contributed by atoms with van der Waals surface area (Å²) in [7, 11) is 1.46. The Balaban J connectivity index is 1.36. The van der Waals surface area contributed by atoms with Gasteiger partial charge in [0.1, 0.15) is 11.8 Å². The van der Waals surface area contributed by atoms with Gasteiger partial charge in [-0.05, 0) is 43.7 Å². The molecule has 12 nitrogen and oxygen atoms in total. The maximum absolute atomic E-state index is 13.4. The van der Waals surface area contributed by atoms with Crippen molar-refractivity contribution in [3.63, 3.8) is 0 Å². The van der Waals surface area contributed by atoms with Crippen LogP contribution < -0.4 is 4.90 Å². The number of pyridine rings is 1. The lowest BCUT2D eigenvalue weighted by atomic mass is 9.95. The van der Waals surface area contributed by atoms with Crippen LogP contribution in [0.2, 0.25) is 0 Å². The maximum atomic E-state index is 13.4. The molecule has 6 rings (SSSR count). The lowest BCUT2D eigenvalue weighted by Gasteiger charge is -2.47. The van der Waals surface area contributed by atoms with E-state index in [0.717, 1.165) is 29.3 Å². The summed E-state index contributed by atoms with van der Waals surface area (Å²) in [5.41, 5.74) is 0.0550. The topological polar surface area (TPSA) is 121 Å². The third kappa shape index (κ3) is 6.18. The quantitative estimate of drug-likeness (QED) is 0.232. The Bertz CT molecular complexity index is 1870. The van der Waals surface area contributed by atoms with E-state index in [1.165, 1.54) is 31.6 Å². The van der Waals surface area contributed by atoms with Crippen molar-refractivity contribution in [3.8, 4) is 0 Å². The molecule has 0 spiro atoms. The van der Waals surface area contributed by atoms with Crippen molar-refractivity contribution in [1.29, 1.82) is 0 Å². The van der Waals surface area contributed by atoms with Gasteiger partial charge in [-0.3, -0.25) is 9.88 Å². The first-order valence-corrected chi connectivity index (χ1v) is 14.8. The molecule has 1 unspecified atom stereocenters. The minimum absolute atomic E-state index is 0.192. The van der Waals surface area contributed by atoms with Crippen molar-refractivity contribution in [2.24, 2.45) is 0 Å². The van der Waals surface area contributed by atoms with E-state index in [0.29, 0.717) is 48.0 Å². The molecule has 1 aliphatic heterocycles. The van der Waals surface area contributed by atoms with Gasteiger partial charge in [0.25, 0.3) is 5.78 Å². The normalized spacial score (nSPS) is 18.5. The number of likely N-dealkylation sites (N-methyl/N-ethyl adjacent to an activating group) is 1. The average molecular weight is 677 g/mol. The fourth-order valence-electron chi connectivity index (χ4n) is 6.04. The largest absolute Gasteiger partial charge is 0.465 e. The van der Waals surface area contributed by atoms with Crippen LogP contribution in [-0.2, 0) is 18.9 Å². The number of imidazole rings is 1. The van der Waals surface area contributed by atoms with E-state index in [1.807, 2.05) is 23.6 Å². The molecule has 1 N–H and O–H groups in total. The van der Waals surface area contributed by atoms with E-state index < -0.39 is 35.6 Å². The molecule has 254 valence electrons. The number of piperazine rings is 1. The van der Waals surface area contributed by atoms with Gasteiger partial charge in [0.05, 0.1) is 29.2 Å². The highest BCUT2D eigenvalue weighted by molar-refractivity contribution is 5.86. The van der Waals surface area contributed by atoms with Gasteiger partial charge in [-0.1, -0.05) is 12.1 Å². The van der Waals surface area contributed by atoms with Crippen LogP contribution in [0.5, 0.6) is 0 Å². The van der Waals surface area contributed by atoms with E-state index in [-0.39, 0.29) is 24.3 Å². The summed E-state index contributed by atoms with van der Waals surface area (Å²) < 4.78 is 83.7. The number of rotatable bonds is 7. The Morgan fingerprint density at radius 1 is 0.958 bits per heavy atom. The van der Waals surface area contributed by atoms with Crippen LogP contribution in [0, 0.1) is 0 Å². The van der Waals surface area contributed by atoms with Gasteiger partial charge in [-0.25, -0.2) is 14.2 Å². The Morgan fingerprint density at radius 3 is 2.27 bits per heavy atom. The summed E-state index contributed by atoms with van der Waals surface area (Å²) >= 11 is 0. The molecule has 3 atom stereocenters. The Morgan fingerprint density at radius 2 is 1.65 bits per heavy atom. The zero-order chi connectivity index (χ0) is 34.5. The summed E-state index contributed by atoms with van der Waals surface area (Å²) in [5, 5.41) is 17.4. The van der Waals surface area contributed by atoms with Crippen LogP contribution in [-0.4, -0.2) is 93.9 Å². The number of amides is 1. The Labute approximate surface area is 269 Å². The van der Waals surface area contributed by atoms with Gasteiger partial charge < -0.3 is 19.5 Å². The standard InChI is InChI=1S/C30H30F6N10O2/c1-17-14-45(25-23-26(46-16-39-41-27(46)40-25)43(15-38-23)11-10-42(3)28(47)48)18(2)13-44(17)24(19-4-6-20(7-5-19)29(31,32)33)22-9-8-21(12-37-22)30(34,35)36/h4-9,12,15-18,24H,10-11,13-14H2,1-3H3,(H,47,48)/t17-,18+,24?/m1/s1. The van der Waals surface area contributed by atoms with Crippen molar-refractivity contribution in [1.82, 2.24) is 43.9 Å². The number of carboxylic acid groups (broad SMARTS) is 1. The van der Waals surface area contributed by atoms with Gasteiger partial charge in [-0.2, -0.15) is 31.3 Å². The number of halogens is 6. The highest BCUT2D eigenvalue weighted by atomic mass is 19.4. The first-order valence-electron chi connectivity index (χ1n) is 14.8. The number of benzene rings is 1. The van der Waals surface area contributed by atoms with Crippen LogP contribution in [0.4, 0.5) is 37.0 Å². The third-order valence-electron chi connectivity index (χ3n) is 8.57. The van der Waals surface area contributed by atoms with Crippen LogP contribution in [0.1, 0.15) is 42.3 Å². The van der Waals surface area contributed by atoms with Crippen molar-refractivity contribution >= 4 is 28.9 Å². The van der Waals surface area contributed by atoms with E-state index in [4.69, 9.17) is 4.98 Å². The molecule has 1 saturated heterocycles. The number of nitrogens with zero attached hydrogens (tertiary/aromatic N) is 10. The number of hydrogen-bond donors (Lipinski definition) is 1. The summed E-state index contributed by atoms with van der Waals surface area (Å²) in [4.78, 5) is 30.0. The summed E-state index contributed by atoms with van der Waals surface area (Å²) in [5.74, 6) is 0.804. The molecule has 18 heteroatoms. The monoisotopic (exact) mass is 676 g/mol. The fraction of sp³-hybridized carbons (Fsp3) is 0.400. The molecule has 0 saturated carbocycles. The van der Waals surface area contributed by atoms with Crippen LogP contribution in [0.25, 0.3) is 16.9 Å². The number of carbonyl (C=O) groups is 1. The van der Waals surface area contributed by atoms with Gasteiger partial charge in [0, 0.05) is 51.5 Å². The SMILES string of the molecule is C[C@@H]1CN(c2nc3nncn3c3c2ncn3CCN(C)C(=O)O)[C@@H](C)CN1C(c1ccc(C(F)(F)F)cc1)c1ccc(C(F)(F)F)cn1. The number of fused-ring (bicyclic) bond motifs is 3. The molecule has 1 aromatic carbocycles. The predicted molar refractivity (Wildman–Crippen MR) is 160 cm³/mol. The molecule has 0 aliphatic carbocycles. The number of hydrogen-bond acceptors (Lipinski definition) is 8. The Hall–Kier alpha value is -5.00. The fourth-order valence-corrected chi connectivity index (χ4v) is 6.04. The zero-order valence-corrected chi connectivity index (χ0v) is 25.9. The van der Waals surface area contributed by atoms with Crippen molar-refractivity contribution < 1.29 is 36.2 Å². The van der Waals surface area contributed by atoms with E-state index in [2.05, 4.69) is 20.2 Å². The molecule has 5 heterocycles. The van der Waals surface area contributed by atoms with Crippen molar-refractivity contribution in [2.45, 2.75) is 50.9 Å². The molecular weight excluding hydrogens is 646 g/mol. The molecular formula is C30H30F6N10O2. The molecule has 1 fully saturated rings. The maximum Gasteiger partial charge on any atom is 0.417 e. The first kappa shape index (κ1) is 32.9. The summed E-state index contributed by atoms with van der Waals surface area (Å²) in [6.45, 7) is 5.03. The number of anilines is 1. The van der Waals surface area contributed by atoms with Crippen LogP contribution >= 0.6 is 0 Å². The molecule has 48 heavy (non-hydrogen) atoms. The van der Waals surface area contributed by atoms with Gasteiger partial charge in [0.2, 0.25) is 0 Å². The molecule has 1 amide bonds. The molecule has 0 bridgehead atoms. The first-order chi connectivity index (χ1) is 22.6. The third-order valence-corrected chi connectivity index (χ3v) is 8.57. The van der Waals surface area contributed by atoms with Crippen LogP contribution in [0.3, 0.4) is 0 Å². The second-order valence-electron chi connectivity index (χ2n) is 11.8. The van der Waals surface area contributed by atoms with Crippen molar-refractivity contribution in [3.05, 3.63) is 77.6 Å². The second-order valence-corrected chi connectivity index (χ2v) is 11.8. The van der Waals surface area contributed by atoms with E-state index in [9.17, 15) is 36.2 Å². The predicted octanol–water partition coefficient (Wildman–Crippen LogP) is 5.21. The highest BCUT2D eigenvalue weighted by Crippen LogP contribution is 2.38. The van der Waals surface area contributed by atoms with Crippen LogP contribution in [0.15, 0.2) is 55.2 Å². The summed E-state index contributed by atoms with van der Waals surface area (Å²) in [6.07, 6.45) is -6.42. The summed E-state index contributed by atoms with van der Waals surface area (Å²) in [6, 6.07) is 5.42. The van der Waals surface area contributed by atoms with Gasteiger partial charge in [-0.15, -0.1) is 10.2 Å². The minimum atomic E-state index is -4.61. The van der Waals surface area contributed by atoms with Crippen molar-refractivity contribution in [2.75, 3.05) is 31.6 Å². The molecule has 4 aromatic heterocycles. The second kappa shape index (κ2) is 12.2. The number of aromatic nitrogens is 7. The molecule has 5 aromatic rings. The smallest absolute Gasteiger partial charge is 0.417 e. The average Bonchev–Trinajstić information content (AvgIpc) is 3.68. The number of alkyl halides is 6. The molecule has 0 radical (unpaired) electrons. The van der Waals surface area contributed by atoms with Gasteiger partial charge >= 0.3 is 18.4 Å². The highest BCUT2D eigenvalue weighted by Gasteiger charge is 2.39. The lowest BCUT2D eigenvalue weighted by Crippen LogP contribution is -2.57.